The van der Waals surface area contributed by atoms with Crippen molar-refractivity contribution in [2.75, 3.05) is 12.9 Å². The molecule has 6 heteroatoms. The summed E-state index contributed by atoms with van der Waals surface area (Å²) in [4.78, 5) is 12.3. The van der Waals surface area contributed by atoms with E-state index in [9.17, 15) is 13.2 Å². The average Bonchev–Trinajstić information content (AvgIpc) is 2.55. The van der Waals surface area contributed by atoms with Crippen molar-refractivity contribution in [2.24, 2.45) is 0 Å². The lowest BCUT2D eigenvalue weighted by Crippen LogP contribution is -2.31. The van der Waals surface area contributed by atoms with Crippen LogP contribution in [0.4, 0.5) is 0 Å². The Labute approximate surface area is 148 Å². The van der Waals surface area contributed by atoms with Gasteiger partial charge in [0.1, 0.15) is 5.75 Å². The summed E-state index contributed by atoms with van der Waals surface area (Å²) in [7, 11) is -3.22. The van der Waals surface area contributed by atoms with Gasteiger partial charge in [-0.3, -0.25) is 4.79 Å². The summed E-state index contributed by atoms with van der Waals surface area (Å²) in [6.07, 6.45) is 1.16. The van der Waals surface area contributed by atoms with Crippen molar-refractivity contribution < 1.29 is 17.9 Å². The average molecular weight is 361 g/mol. The number of carbonyl (C=O) groups is 1. The molecule has 1 amide bonds. The van der Waals surface area contributed by atoms with Gasteiger partial charge in [0.15, 0.2) is 16.4 Å². The third-order valence-electron chi connectivity index (χ3n) is 4.03. The van der Waals surface area contributed by atoms with Crippen LogP contribution in [0.25, 0.3) is 0 Å². The van der Waals surface area contributed by atoms with Crippen molar-refractivity contribution in [1.82, 2.24) is 5.32 Å². The maximum absolute atomic E-state index is 12.0. The predicted molar refractivity (Wildman–Crippen MR) is 97.5 cm³/mol. The van der Waals surface area contributed by atoms with E-state index in [1.165, 1.54) is 5.56 Å². The minimum Gasteiger partial charge on any atom is -0.484 e. The topological polar surface area (TPSA) is 72.5 Å². The second-order valence-corrected chi connectivity index (χ2v) is 8.18. The van der Waals surface area contributed by atoms with E-state index in [0.717, 1.165) is 17.4 Å². The molecule has 0 saturated heterocycles. The van der Waals surface area contributed by atoms with Crippen molar-refractivity contribution in [3.63, 3.8) is 0 Å². The lowest BCUT2D eigenvalue weighted by Gasteiger charge is -2.15. The summed E-state index contributed by atoms with van der Waals surface area (Å²) < 4.78 is 28.5. The van der Waals surface area contributed by atoms with Gasteiger partial charge >= 0.3 is 0 Å². The van der Waals surface area contributed by atoms with Crippen LogP contribution >= 0.6 is 0 Å². The SMILES string of the molecule is Cc1ccc(OCC(=O)NC(C)c2ccc(S(C)(=O)=O)cc2)cc1C. The maximum atomic E-state index is 12.0. The number of amides is 1. The minimum atomic E-state index is -3.22. The van der Waals surface area contributed by atoms with E-state index in [0.29, 0.717) is 5.75 Å². The van der Waals surface area contributed by atoms with E-state index < -0.39 is 9.84 Å². The number of sulfone groups is 1. The van der Waals surface area contributed by atoms with Gasteiger partial charge in [-0.05, 0) is 61.7 Å². The van der Waals surface area contributed by atoms with Gasteiger partial charge in [0.05, 0.1) is 10.9 Å². The highest BCUT2D eigenvalue weighted by molar-refractivity contribution is 7.90. The van der Waals surface area contributed by atoms with Crippen LogP contribution in [0.5, 0.6) is 5.75 Å². The van der Waals surface area contributed by atoms with Crippen LogP contribution in [0.3, 0.4) is 0 Å². The molecule has 0 fully saturated rings. The summed E-state index contributed by atoms with van der Waals surface area (Å²) in [5.41, 5.74) is 3.10. The molecule has 0 bridgehead atoms. The quantitative estimate of drug-likeness (QED) is 0.858. The molecule has 0 aliphatic heterocycles. The molecule has 0 aliphatic carbocycles. The maximum Gasteiger partial charge on any atom is 0.258 e. The molecule has 2 rings (SSSR count). The van der Waals surface area contributed by atoms with Crippen LogP contribution in [-0.4, -0.2) is 27.2 Å². The Morgan fingerprint density at radius 2 is 1.72 bits per heavy atom. The standard InChI is InChI=1S/C19H23NO4S/c1-13-5-8-17(11-14(13)2)24-12-19(21)20-15(3)16-6-9-18(10-7-16)25(4,22)23/h5-11,15H,12H2,1-4H3,(H,20,21). The van der Waals surface area contributed by atoms with Crippen LogP contribution in [0, 0.1) is 13.8 Å². The molecule has 1 N–H and O–H groups in total. The van der Waals surface area contributed by atoms with E-state index in [-0.39, 0.29) is 23.5 Å². The predicted octanol–water partition coefficient (Wildman–Crippen LogP) is 2.96. The highest BCUT2D eigenvalue weighted by Crippen LogP contribution is 2.18. The van der Waals surface area contributed by atoms with E-state index in [1.807, 2.05) is 39.0 Å². The third-order valence-corrected chi connectivity index (χ3v) is 5.16. The number of ether oxygens (including phenoxy) is 1. The molecule has 0 radical (unpaired) electrons. The van der Waals surface area contributed by atoms with Gasteiger partial charge in [0.2, 0.25) is 0 Å². The first kappa shape index (κ1) is 19.0. The zero-order valence-corrected chi connectivity index (χ0v) is 15.7. The van der Waals surface area contributed by atoms with Crippen LogP contribution in [-0.2, 0) is 14.6 Å². The number of aryl methyl sites for hydroxylation is 2. The zero-order valence-electron chi connectivity index (χ0n) is 14.9. The Morgan fingerprint density at radius 1 is 1.08 bits per heavy atom. The summed E-state index contributed by atoms with van der Waals surface area (Å²) in [6, 6.07) is 11.9. The van der Waals surface area contributed by atoms with Gasteiger partial charge in [-0.1, -0.05) is 18.2 Å². The monoisotopic (exact) mass is 361 g/mol. The summed E-state index contributed by atoms with van der Waals surface area (Å²) >= 11 is 0. The number of hydrogen-bond acceptors (Lipinski definition) is 4. The smallest absolute Gasteiger partial charge is 0.258 e. The van der Waals surface area contributed by atoms with Crippen LogP contribution in [0.1, 0.15) is 29.7 Å². The Morgan fingerprint density at radius 3 is 2.28 bits per heavy atom. The van der Waals surface area contributed by atoms with Crippen LogP contribution in [0.15, 0.2) is 47.4 Å². The second-order valence-electron chi connectivity index (χ2n) is 6.17. The van der Waals surface area contributed by atoms with Gasteiger partial charge in [-0.2, -0.15) is 0 Å². The molecule has 1 atom stereocenters. The lowest BCUT2D eigenvalue weighted by atomic mass is 10.1. The largest absolute Gasteiger partial charge is 0.484 e. The fourth-order valence-corrected chi connectivity index (χ4v) is 2.95. The number of nitrogens with one attached hydrogen (secondary N) is 1. The van der Waals surface area contributed by atoms with E-state index >= 15 is 0 Å². The molecule has 0 aromatic heterocycles. The molecule has 0 heterocycles. The second kappa shape index (κ2) is 7.70. The van der Waals surface area contributed by atoms with Crippen LogP contribution < -0.4 is 10.1 Å². The van der Waals surface area contributed by atoms with Gasteiger partial charge in [0.25, 0.3) is 5.91 Å². The first-order chi connectivity index (χ1) is 11.7. The number of benzene rings is 2. The van der Waals surface area contributed by atoms with Crippen molar-refractivity contribution in [1.29, 1.82) is 0 Å². The van der Waals surface area contributed by atoms with Gasteiger partial charge in [0, 0.05) is 6.26 Å². The molecule has 25 heavy (non-hydrogen) atoms. The molecule has 0 saturated carbocycles. The van der Waals surface area contributed by atoms with Gasteiger partial charge < -0.3 is 10.1 Å². The Bertz CT molecular complexity index is 857. The van der Waals surface area contributed by atoms with Gasteiger partial charge in [-0.25, -0.2) is 8.42 Å². The fraction of sp³-hybridized carbons (Fsp3) is 0.316. The highest BCUT2D eigenvalue weighted by atomic mass is 32.2. The van der Waals surface area contributed by atoms with Gasteiger partial charge in [-0.15, -0.1) is 0 Å². The molecular weight excluding hydrogens is 338 g/mol. The fourth-order valence-electron chi connectivity index (χ4n) is 2.32. The molecule has 2 aromatic rings. The molecule has 0 aliphatic rings. The van der Waals surface area contributed by atoms with Crippen molar-refractivity contribution in [3.8, 4) is 5.75 Å². The summed E-state index contributed by atoms with van der Waals surface area (Å²) in [5, 5.41) is 2.84. The number of rotatable bonds is 6. The number of carbonyl (C=O) groups excluding carboxylic acids is 1. The molecule has 0 spiro atoms. The van der Waals surface area contributed by atoms with E-state index in [2.05, 4.69) is 5.32 Å². The molecule has 134 valence electrons. The first-order valence-corrected chi connectivity index (χ1v) is 9.85. The normalized spacial score (nSPS) is 12.5. The third kappa shape index (κ3) is 5.32. The van der Waals surface area contributed by atoms with E-state index in [1.54, 1.807) is 24.3 Å². The highest BCUT2D eigenvalue weighted by Gasteiger charge is 2.12. The Hall–Kier alpha value is -2.34. The summed E-state index contributed by atoms with van der Waals surface area (Å²) in [6.45, 7) is 5.77. The van der Waals surface area contributed by atoms with Crippen molar-refractivity contribution in [3.05, 3.63) is 59.2 Å². The number of hydrogen-bond donors (Lipinski definition) is 1. The van der Waals surface area contributed by atoms with E-state index in [4.69, 9.17) is 4.74 Å². The zero-order chi connectivity index (χ0) is 18.6. The molecule has 2 aromatic carbocycles. The van der Waals surface area contributed by atoms with Crippen molar-refractivity contribution in [2.45, 2.75) is 31.7 Å². The van der Waals surface area contributed by atoms with Crippen molar-refractivity contribution >= 4 is 15.7 Å². The molecule has 5 nitrogen and oxygen atoms in total. The molecule has 1 unspecified atom stereocenters. The minimum absolute atomic E-state index is 0.0751. The Balaban J connectivity index is 1.92. The van der Waals surface area contributed by atoms with Crippen LogP contribution in [0.2, 0.25) is 0 Å². The molecular formula is C19H23NO4S. The Kier molecular flexibility index (Phi) is 5.85. The summed E-state index contributed by atoms with van der Waals surface area (Å²) in [5.74, 6) is 0.418. The first-order valence-electron chi connectivity index (χ1n) is 7.96. The lowest BCUT2D eigenvalue weighted by molar-refractivity contribution is -0.123.